The lowest BCUT2D eigenvalue weighted by molar-refractivity contribution is 0.344. The fourth-order valence-corrected chi connectivity index (χ4v) is 4.74. The Hall–Kier alpha value is -0.430. The molecule has 0 spiro atoms. The Morgan fingerprint density at radius 3 is 2.50 bits per heavy atom. The minimum Gasteiger partial charge on any atom is -0.329 e. The molecule has 0 aliphatic carbocycles. The van der Waals surface area contributed by atoms with E-state index in [1.807, 2.05) is 33.8 Å². The zero-order valence-corrected chi connectivity index (χ0v) is 14.8. The predicted octanol–water partition coefficient (Wildman–Crippen LogP) is 2.80. The number of aryl methyl sites for hydroxylation is 1. The molecule has 0 bridgehead atoms. The molecule has 6 heteroatoms. The molecule has 0 radical (unpaired) electrons. The van der Waals surface area contributed by atoms with Crippen LogP contribution in [0.5, 0.6) is 0 Å². The quantitative estimate of drug-likeness (QED) is 0.816. The molecule has 0 saturated heterocycles. The van der Waals surface area contributed by atoms with Gasteiger partial charge in [-0.25, -0.2) is 13.1 Å². The molecule has 1 rings (SSSR count). The van der Waals surface area contributed by atoms with Gasteiger partial charge in [-0.1, -0.05) is 19.9 Å². The Bertz CT molecular complexity index is 573. The first-order valence-electron chi connectivity index (χ1n) is 6.60. The Morgan fingerprint density at radius 2 is 2.00 bits per heavy atom. The molecule has 1 unspecified atom stereocenters. The van der Waals surface area contributed by atoms with Crippen molar-refractivity contribution in [2.24, 2.45) is 11.7 Å². The molecule has 0 heterocycles. The van der Waals surface area contributed by atoms with Gasteiger partial charge in [-0.2, -0.15) is 0 Å². The van der Waals surface area contributed by atoms with Gasteiger partial charge in [0.25, 0.3) is 0 Å². The summed E-state index contributed by atoms with van der Waals surface area (Å²) in [7, 11) is -3.61. The fraction of sp³-hybridized carbons (Fsp3) is 0.571. The number of sulfonamides is 1. The number of rotatable bonds is 6. The van der Waals surface area contributed by atoms with Gasteiger partial charge in [-0.15, -0.1) is 0 Å². The van der Waals surface area contributed by atoms with Gasteiger partial charge in [0.1, 0.15) is 0 Å². The zero-order valence-electron chi connectivity index (χ0n) is 12.4. The number of nitrogens with two attached hydrogens (primary N) is 1. The summed E-state index contributed by atoms with van der Waals surface area (Å²) < 4.78 is 28.4. The van der Waals surface area contributed by atoms with E-state index >= 15 is 0 Å². The van der Waals surface area contributed by atoms with Crippen molar-refractivity contribution in [1.29, 1.82) is 0 Å². The Morgan fingerprint density at radius 1 is 1.40 bits per heavy atom. The van der Waals surface area contributed by atoms with Crippen molar-refractivity contribution in [3.05, 3.63) is 28.2 Å². The van der Waals surface area contributed by atoms with Gasteiger partial charge in [0.15, 0.2) is 0 Å². The maximum atomic E-state index is 12.6. The summed E-state index contributed by atoms with van der Waals surface area (Å²) in [5.74, 6) is 0.354. The highest BCUT2D eigenvalue weighted by Gasteiger charge is 2.31. The van der Waals surface area contributed by atoms with E-state index in [1.165, 1.54) is 0 Å². The fourth-order valence-electron chi connectivity index (χ4n) is 2.26. The smallest absolute Gasteiger partial charge is 0.242 e. The highest BCUT2D eigenvalue weighted by atomic mass is 79.9. The molecule has 1 atom stereocenters. The summed E-state index contributed by atoms with van der Waals surface area (Å²) in [6, 6.07) is 5.25. The van der Waals surface area contributed by atoms with E-state index in [9.17, 15) is 8.42 Å². The topological polar surface area (TPSA) is 72.2 Å². The van der Waals surface area contributed by atoms with Crippen LogP contribution in [0.4, 0.5) is 0 Å². The van der Waals surface area contributed by atoms with E-state index in [0.717, 1.165) is 5.56 Å². The van der Waals surface area contributed by atoms with E-state index in [2.05, 4.69) is 20.7 Å². The van der Waals surface area contributed by atoms with Crippen molar-refractivity contribution in [1.82, 2.24) is 4.72 Å². The number of nitrogens with one attached hydrogen (secondary N) is 1. The first-order chi connectivity index (χ1) is 9.09. The molecule has 3 N–H and O–H groups in total. The second-order valence-corrected chi connectivity index (χ2v) is 8.41. The van der Waals surface area contributed by atoms with Gasteiger partial charge in [0, 0.05) is 16.6 Å². The van der Waals surface area contributed by atoms with Crippen molar-refractivity contribution < 1.29 is 8.42 Å². The normalized spacial score (nSPS) is 15.3. The van der Waals surface area contributed by atoms with Gasteiger partial charge in [0.05, 0.1) is 4.90 Å². The van der Waals surface area contributed by atoms with E-state index in [0.29, 0.717) is 16.8 Å². The summed E-state index contributed by atoms with van der Waals surface area (Å²) in [5, 5.41) is 0. The Labute approximate surface area is 130 Å². The van der Waals surface area contributed by atoms with Crippen LogP contribution in [0.1, 0.15) is 32.8 Å². The summed E-state index contributed by atoms with van der Waals surface area (Å²) >= 11 is 3.30. The molecule has 0 saturated carbocycles. The van der Waals surface area contributed by atoms with Crippen LogP contribution >= 0.6 is 15.9 Å². The maximum absolute atomic E-state index is 12.6. The molecule has 1 aromatic carbocycles. The van der Waals surface area contributed by atoms with Crippen LogP contribution in [0.15, 0.2) is 27.6 Å². The van der Waals surface area contributed by atoms with Crippen molar-refractivity contribution in [3.8, 4) is 0 Å². The number of halogens is 1. The third-order valence-electron chi connectivity index (χ3n) is 3.07. The molecule has 0 aliphatic rings. The van der Waals surface area contributed by atoms with Crippen molar-refractivity contribution in [2.45, 2.75) is 44.6 Å². The summed E-state index contributed by atoms with van der Waals surface area (Å²) in [5.41, 5.74) is 6.02. The lowest BCUT2D eigenvalue weighted by Crippen LogP contribution is -2.52. The van der Waals surface area contributed by atoms with Crippen LogP contribution in [0.25, 0.3) is 0 Å². The van der Waals surface area contributed by atoms with Gasteiger partial charge in [-0.05, 0) is 59.8 Å². The molecular weight excluding hydrogens is 340 g/mol. The predicted molar refractivity (Wildman–Crippen MR) is 86.1 cm³/mol. The summed E-state index contributed by atoms with van der Waals surface area (Å²) in [6.45, 7) is 8.05. The van der Waals surface area contributed by atoms with Crippen LogP contribution in [0.2, 0.25) is 0 Å². The number of hydrogen-bond donors (Lipinski definition) is 2. The van der Waals surface area contributed by atoms with Crippen LogP contribution in [0, 0.1) is 12.8 Å². The lowest BCUT2D eigenvalue weighted by Gasteiger charge is -2.31. The lowest BCUT2D eigenvalue weighted by atomic mass is 9.92. The Balaban J connectivity index is 3.14. The minimum atomic E-state index is -3.61. The number of benzene rings is 1. The second kappa shape index (κ2) is 6.56. The van der Waals surface area contributed by atoms with Gasteiger partial charge in [0.2, 0.25) is 10.0 Å². The summed E-state index contributed by atoms with van der Waals surface area (Å²) in [6.07, 6.45) is 0.687. The van der Waals surface area contributed by atoms with Gasteiger partial charge in [-0.3, -0.25) is 0 Å². The van der Waals surface area contributed by atoms with Crippen LogP contribution in [0.3, 0.4) is 0 Å². The monoisotopic (exact) mass is 362 g/mol. The van der Waals surface area contributed by atoms with Gasteiger partial charge >= 0.3 is 0 Å². The molecule has 20 heavy (non-hydrogen) atoms. The Kier molecular flexibility index (Phi) is 5.78. The van der Waals surface area contributed by atoms with E-state index in [-0.39, 0.29) is 11.4 Å². The molecule has 114 valence electrons. The standard InChI is InChI=1S/C14H23BrN2O2S/c1-10(2)8-14(4,9-16)17-20(18,19)13-7-11(3)5-6-12(13)15/h5-7,10,17H,8-9,16H2,1-4H3. The molecule has 1 aromatic rings. The first-order valence-corrected chi connectivity index (χ1v) is 8.87. The molecule has 0 aliphatic heterocycles. The van der Waals surface area contributed by atoms with Crippen LogP contribution in [-0.4, -0.2) is 20.5 Å². The first kappa shape index (κ1) is 17.6. The zero-order chi connectivity index (χ0) is 15.6. The van der Waals surface area contributed by atoms with Crippen molar-refractivity contribution >= 4 is 26.0 Å². The largest absolute Gasteiger partial charge is 0.329 e. The van der Waals surface area contributed by atoms with Crippen LogP contribution < -0.4 is 10.5 Å². The molecular formula is C14H23BrN2O2S. The minimum absolute atomic E-state index is 0.251. The van der Waals surface area contributed by atoms with Crippen LogP contribution in [-0.2, 0) is 10.0 Å². The van der Waals surface area contributed by atoms with E-state index in [4.69, 9.17) is 5.73 Å². The van der Waals surface area contributed by atoms with Gasteiger partial charge < -0.3 is 5.73 Å². The SMILES string of the molecule is Cc1ccc(Br)c(S(=O)(=O)NC(C)(CN)CC(C)C)c1. The maximum Gasteiger partial charge on any atom is 0.242 e. The van der Waals surface area contributed by atoms with Crippen molar-refractivity contribution in [2.75, 3.05) is 6.54 Å². The third-order valence-corrected chi connectivity index (χ3v) is 5.70. The second-order valence-electron chi connectivity index (χ2n) is 5.90. The highest BCUT2D eigenvalue weighted by Crippen LogP contribution is 2.25. The molecule has 0 aromatic heterocycles. The van der Waals surface area contributed by atoms with E-state index < -0.39 is 15.6 Å². The number of hydrogen-bond acceptors (Lipinski definition) is 3. The molecule has 0 fully saturated rings. The molecule has 4 nitrogen and oxygen atoms in total. The third kappa shape index (κ3) is 4.55. The van der Waals surface area contributed by atoms with Crippen molar-refractivity contribution in [3.63, 3.8) is 0 Å². The average molecular weight is 363 g/mol. The van der Waals surface area contributed by atoms with E-state index in [1.54, 1.807) is 12.1 Å². The molecule has 0 amide bonds. The summed E-state index contributed by atoms with van der Waals surface area (Å²) in [4.78, 5) is 0.251. The average Bonchev–Trinajstić information content (AvgIpc) is 2.30. The highest BCUT2D eigenvalue weighted by molar-refractivity contribution is 9.10.